The van der Waals surface area contributed by atoms with Gasteiger partial charge in [-0.1, -0.05) is 32.4 Å². The topological polar surface area (TPSA) is 55.1 Å². The van der Waals surface area contributed by atoms with Crippen molar-refractivity contribution in [3.05, 3.63) is 23.2 Å². The van der Waals surface area contributed by atoms with Crippen LogP contribution in [0.25, 0.3) is 0 Å². The number of nitrogen functional groups attached to an aromatic ring is 1. The van der Waals surface area contributed by atoms with Crippen LogP contribution in [-0.4, -0.2) is 5.91 Å². The SMILES string of the molecule is CC(C)(C)C1CCC(C(=O)Nc2cc(N)ccc2Cl)CC1. The summed E-state index contributed by atoms with van der Waals surface area (Å²) in [6.07, 6.45) is 4.14. The fourth-order valence-corrected chi connectivity index (χ4v) is 3.26. The molecule has 0 unspecified atom stereocenters. The van der Waals surface area contributed by atoms with E-state index in [9.17, 15) is 4.79 Å². The van der Waals surface area contributed by atoms with Crippen LogP contribution in [0.4, 0.5) is 11.4 Å². The lowest BCUT2D eigenvalue weighted by molar-refractivity contribution is -0.121. The highest BCUT2D eigenvalue weighted by Crippen LogP contribution is 2.40. The number of hydrogen-bond acceptors (Lipinski definition) is 2. The summed E-state index contributed by atoms with van der Waals surface area (Å²) < 4.78 is 0. The summed E-state index contributed by atoms with van der Waals surface area (Å²) in [4.78, 5) is 12.4. The lowest BCUT2D eigenvalue weighted by atomic mass is 9.69. The zero-order valence-electron chi connectivity index (χ0n) is 13.1. The molecule has 3 N–H and O–H groups in total. The third kappa shape index (κ3) is 4.13. The first-order valence-corrected chi connectivity index (χ1v) is 8.01. The van der Waals surface area contributed by atoms with Gasteiger partial charge in [0.05, 0.1) is 10.7 Å². The minimum Gasteiger partial charge on any atom is -0.399 e. The van der Waals surface area contributed by atoms with Gasteiger partial charge in [-0.25, -0.2) is 0 Å². The molecule has 0 heterocycles. The maximum absolute atomic E-state index is 12.4. The van der Waals surface area contributed by atoms with Gasteiger partial charge in [-0.3, -0.25) is 4.79 Å². The van der Waals surface area contributed by atoms with Gasteiger partial charge in [0.2, 0.25) is 5.91 Å². The van der Waals surface area contributed by atoms with Gasteiger partial charge in [-0.2, -0.15) is 0 Å². The van der Waals surface area contributed by atoms with Gasteiger partial charge in [0.25, 0.3) is 0 Å². The molecule has 4 heteroatoms. The second kappa shape index (κ2) is 6.27. The van der Waals surface area contributed by atoms with Crippen molar-refractivity contribution in [3.63, 3.8) is 0 Å². The first kappa shape index (κ1) is 16.2. The molecule has 2 rings (SSSR count). The van der Waals surface area contributed by atoms with Crippen molar-refractivity contribution in [2.75, 3.05) is 11.1 Å². The quantitative estimate of drug-likeness (QED) is 0.777. The second-order valence-electron chi connectivity index (χ2n) is 7.14. The van der Waals surface area contributed by atoms with E-state index >= 15 is 0 Å². The number of halogens is 1. The molecule has 0 spiro atoms. The summed E-state index contributed by atoms with van der Waals surface area (Å²) in [5.74, 6) is 0.855. The van der Waals surface area contributed by atoms with Crippen molar-refractivity contribution < 1.29 is 4.79 Å². The van der Waals surface area contributed by atoms with Gasteiger partial charge >= 0.3 is 0 Å². The fourth-order valence-electron chi connectivity index (χ4n) is 3.10. The molecule has 1 fully saturated rings. The van der Waals surface area contributed by atoms with Crippen LogP contribution in [0.15, 0.2) is 18.2 Å². The Morgan fingerprint density at radius 3 is 2.43 bits per heavy atom. The predicted octanol–water partition coefficient (Wildman–Crippen LogP) is 4.71. The molecule has 1 aromatic carbocycles. The van der Waals surface area contributed by atoms with Crippen molar-refractivity contribution in [2.24, 2.45) is 17.3 Å². The van der Waals surface area contributed by atoms with Crippen LogP contribution in [-0.2, 0) is 4.79 Å². The van der Waals surface area contributed by atoms with Crippen molar-refractivity contribution in [3.8, 4) is 0 Å². The second-order valence-corrected chi connectivity index (χ2v) is 7.55. The molecule has 1 aromatic rings. The maximum Gasteiger partial charge on any atom is 0.227 e. The zero-order valence-corrected chi connectivity index (χ0v) is 13.8. The number of carbonyl (C=O) groups is 1. The normalized spacial score (nSPS) is 22.9. The summed E-state index contributed by atoms with van der Waals surface area (Å²) in [5.41, 5.74) is 7.28. The van der Waals surface area contributed by atoms with Gasteiger partial charge in [0.1, 0.15) is 0 Å². The Hall–Kier alpha value is -1.22. The Morgan fingerprint density at radius 2 is 1.86 bits per heavy atom. The zero-order chi connectivity index (χ0) is 15.6. The standard InChI is InChI=1S/C17H25ClN2O/c1-17(2,3)12-6-4-11(5-7-12)16(21)20-15-10-13(19)8-9-14(15)18/h8-12H,4-7,19H2,1-3H3,(H,20,21). The van der Waals surface area contributed by atoms with E-state index in [0.29, 0.717) is 27.7 Å². The minimum atomic E-state index is 0.0647. The molecule has 0 atom stereocenters. The lowest BCUT2D eigenvalue weighted by Gasteiger charge is -2.36. The average molecular weight is 309 g/mol. The van der Waals surface area contributed by atoms with Gasteiger partial charge in [0.15, 0.2) is 0 Å². The molecular weight excluding hydrogens is 284 g/mol. The number of hydrogen-bond donors (Lipinski definition) is 2. The smallest absolute Gasteiger partial charge is 0.227 e. The van der Waals surface area contributed by atoms with E-state index in [4.69, 9.17) is 17.3 Å². The predicted molar refractivity (Wildman–Crippen MR) is 89.4 cm³/mol. The van der Waals surface area contributed by atoms with Crippen LogP contribution in [0.5, 0.6) is 0 Å². The van der Waals surface area contributed by atoms with E-state index in [2.05, 4.69) is 26.1 Å². The van der Waals surface area contributed by atoms with Crippen LogP contribution in [0.3, 0.4) is 0 Å². The van der Waals surface area contributed by atoms with Gasteiger partial charge in [-0.05, 0) is 55.2 Å². The lowest BCUT2D eigenvalue weighted by Crippen LogP contribution is -2.31. The highest BCUT2D eigenvalue weighted by Gasteiger charge is 2.32. The Balaban J connectivity index is 1.95. The van der Waals surface area contributed by atoms with Crippen LogP contribution in [0, 0.1) is 17.3 Å². The Morgan fingerprint density at radius 1 is 1.24 bits per heavy atom. The number of carbonyl (C=O) groups excluding carboxylic acids is 1. The maximum atomic E-state index is 12.4. The van der Waals surface area contributed by atoms with Crippen LogP contribution in [0.1, 0.15) is 46.5 Å². The third-order valence-corrected chi connectivity index (χ3v) is 4.90. The molecule has 0 aromatic heterocycles. The van der Waals surface area contributed by atoms with Crippen LogP contribution < -0.4 is 11.1 Å². The molecule has 1 aliphatic carbocycles. The molecule has 1 aliphatic rings. The number of nitrogens with one attached hydrogen (secondary N) is 1. The van der Waals surface area contributed by atoms with Crippen molar-refractivity contribution in [1.29, 1.82) is 0 Å². The summed E-state index contributed by atoms with van der Waals surface area (Å²) in [5, 5.41) is 3.45. The number of anilines is 2. The molecule has 1 saturated carbocycles. The van der Waals surface area contributed by atoms with Crippen molar-refractivity contribution in [1.82, 2.24) is 0 Å². The number of nitrogens with two attached hydrogens (primary N) is 1. The average Bonchev–Trinajstić information content (AvgIpc) is 2.42. The molecule has 0 bridgehead atoms. The van der Waals surface area contributed by atoms with E-state index in [0.717, 1.165) is 25.7 Å². The van der Waals surface area contributed by atoms with E-state index < -0.39 is 0 Å². The molecule has 3 nitrogen and oxygen atoms in total. The van der Waals surface area contributed by atoms with E-state index in [1.54, 1.807) is 18.2 Å². The van der Waals surface area contributed by atoms with Crippen molar-refractivity contribution >= 4 is 28.9 Å². The highest BCUT2D eigenvalue weighted by atomic mass is 35.5. The largest absolute Gasteiger partial charge is 0.399 e. The Kier molecular flexibility index (Phi) is 4.82. The monoisotopic (exact) mass is 308 g/mol. The molecule has 0 saturated heterocycles. The molecule has 1 amide bonds. The summed E-state index contributed by atoms with van der Waals surface area (Å²) >= 11 is 6.09. The van der Waals surface area contributed by atoms with Gasteiger partial charge in [0, 0.05) is 11.6 Å². The first-order chi connectivity index (χ1) is 9.77. The van der Waals surface area contributed by atoms with Crippen LogP contribution >= 0.6 is 11.6 Å². The number of rotatable bonds is 2. The highest BCUT2D eigenvalue weighted by molar-refractivity contribution is 6.33. The minimum absolute atomic E-state index is 0.0647. The third-order valence-electron chi connectivity index (χ3n) is 4.57. The first-order valence-electron chi connectivity index (χ1n) is 7.63. The van der Waals surface area contributed by atoms with E-state index in [1.807, 2.05) is 0 Å². The van der Waals surface area contributed by atoms with E-state index in [1.165, 1.54) is 0 Å². The molecular formula is C17H25ClN2O. The number of amides is 1. The Bertz CT molecular complexity index is 514. The summed E-state index contributed by atoms with van der Waals surface area (Å²) in [6, 6.07) is 5.15. The summed E-state index contributed by atoms with van der Waals surface area (Å²) in [7, 11) is 0. The molecule has 21 heavy (non-hydrogen) atoms. The Labute approximate surface area is 132 Å². The van der Waals surface area contributed by atoms with Gasteiger partial charge < -0.3 is 11.1 Å². The molecule has 116 valence electrons. The van der Waals surface area contributed by atoms with Crippen LogP contribution in [0.2, 0.25) is 5.02 Å². The molecule has 0 radical (unpaired) electrons. The fraction of sp³-hybridized carbons (Fsp3) is 0.588. The van der Waals surface area contributed by atoms with Gasteiger partial charge in [-0.15, -0.1) is 0 Å². The molecule has 0 aliphatic heterocycles. The number of benzene rings is 1. The van der Waals surface area contributed by atoms with E-state index in [-0.39, 0.29) is 11.8 Å². The van der Waals surface area contributed by atoms with Crippen molar-refractivity contribution in [2.45, 2.75) is 46.5 Å². The summed E-state index contributed by atoms with van der Waals surface area (Å²) in [6.45, 7) is 6.85.